The maximum absolute atomic E-state index is 12.2. The number of hydrogen-bond donors (Lipinski definition) is 1. The lowest BCUT2D eigenvalue weighted by Gasteiger charge is -2.26. The van der Waals surface area contributed by atoms with Crippen molar-refractivity contribution in [3.63, 3.8) is 0 Å². The van der Waals surface area contributed by atoms with Gasteiger partial charge in [-0.25, -0.2) is 4.79 Å². The first kappa shape index (κ1) is 19.8. The Bertz CT molecular complexity index is 636. The monoisotopic (exact) mass is 351 g/mol. The van der Waals surface area contributed by atoms with Crippen LogP contribution in [0.2, 0.25) is 0 Å². The van der Waals surface area contributed by atoms with Gasteiger partial charge in [-0.2, -0.15) is 0 Å². The third-order valence-electron chi connectivity index (χ3n) is 3.35. The molecule has 2 N–H and O–H groups in total. The molecule has 0 spiro atoms. The summed E-state index contributed by atoms with van der Waals surface area (Å²) in [7, 11) is 1.45. The van der Waals surface area contributed by atoms with Crippen molar-refractivity contribution in [2.75, 3.05) is 19.5 Å². The van der Waals surface area contributed by atoms with Crippen molar-refractivity contribution in [3.8, 4) is 5.75 Å². The predicted molar refractivity (Wildman–Crippen MR) is 95.3 cm³/mol. The Kier molecular flexibility index (Phi) is 8.09. The van der Waals surface area contributed by atoms with Crippen LogP contribution < -0.4 is 10.5 Å². The van der Waals surface area contributed by atoms with E-state index in [1.54, 1.807) is 19.1 Å². The summed E-state index contributed by atoms with van der Waals surface area (Å²) in [6.07, 6.45) is -1.55. The molecule has 0 aliphatic rings. The number of hydrogen-bond acceptors (Lipinski definition) is 5. The Balaban J connectivity index is 0.00000288. The number of esters is 1. The fraction of sp³-hybridized carbons (Fsp3) is 0.278. The second-order valence-electron chi connectivity index (χ2n) is 4.90. The number of nitrogen functional groups attached to an aromatic ring is 1. The lowest BCUT2D eigenvalue weighted by Crippen LogP contribution is -2.35. The highest BCUT2D eigenvalue weighted by atomic mass is 35.5. The van der Waals surface area contributed by atoms with E-state index in [-0.39, 0.29) is 19.0 Å². The molecule has 0 saturated carbocycles. The van der Waals surface area contributed by atoms with Crippen molar-refractivity contribution in [1.29, 1.82) is 0 Å². The van der Waals surface area contributed by atoms with Gasteiger partial charge in [0.25, 0.3) is 0 Å². The molecule has 6 heteroatoms. The Morgan fingerprint density at radius 3 is 2.29 bits per heavy atom. The second kappa shape index (κ2) is 9.80. The average Bonchev–Trinajstić information content (AvgIpc) is 2.57. The lowest BCUT2D eigenvalue weighted by molar-refractivity contribution is -0.161. The molecule has 2 atom stereocenters. The molecule has 0 aromatic heterocycles. The van der Waals surface area contributed by atoms with Crippen molar-refractivity contribution in [3.05, 3.63) is 60.2 Å². The molecule has 0 aliphatic carbocycles. The Morgan fingerprint density at radius 1 is 1.08 bits per heavy atom. The van der Waals surface area contributed by atoms with Gasteiger partial charge in [0.1, 0.15) is 5.75 Å². The first-order chi connectivity index (χ1) is 11.2. The molecular formula is C18H22ClNO4. The number of methoxy groups -OCH3 is 1. The molecule has 2 rings (SSSR count). The van der Waals surface area contributed by atoms with E-state index < -0.39 is 18.2 Å². The number of para-hydroxylation sites is 2. The smallest absolute Gasteiger partial charge is 0.339 e. The van der Waals surface area contributed by atoms with Crippen LogP contribution in [0, 0.1) is 0 Å². The van der Waals surface area contributed by atoms with E-state index in [1.807, 2.05) is 42.5 Å². The molecule has 0 heterocycles. The van der Waals surface area contributed by atoms with Crippen molar-refractivity contribution in [2.24, 2.45) is 0 Å². The molecule has 2 unspecified atom stereocenters. The summed E-state index contributed by atoms with van der Waals surface area (Å²) in [5, 5.41) is 0. The minimum atomic E-state index is -0.892. The van der Waals surface area contributed by atoms with Gasteiger partial charge in [0.15, 0.2) is 12.2 Å². The first-order valence-corrected chi connectivity index (χ1v) is 7.43. The molecule has 24 heavy (non-hydrogen) atoms. The summed E-state index contributed by atoms with van der Waals surface area (Å²) in [6, 6.07) is 16.5. The van der Waals surface area contributed by atoms with Crippen LogP contribution in [0.1, 0.15) is 18.6 Å². The lowest BCUT2D eigenvalue weighted by atomic mass is 10.0. The highest BCUT2D eigenvalue weighted by Gasteiger charge is 2.33. The SMILES string of the molecule is CCOC(=O)C(OC)C(Oc1ccccc1N)c1ccccc1.Cl. The number of ether oxygens (including phenoxy) is 3. The highest BCUT2D eigenvalue weighted by Crippen LogP contribution is 2.30. The highest BCUT2D eigenvalue weighted by molar-refractivity contribution is 5.85. The van der Waals surface area contributed by atoms with Crippen molar-refractivity contribution in [2.45, 2.75) is 19.1 Å². The minimum absolute atomic E-state index is 0. The molecule has 0 amide bonds. The predicted octanol–water partition coefficient (Wildman–Crippen LogP) is 3.39. The Hall–Kier alpha value is -2.24. The molecule has 2 aromatic rings. The molecule has 5 nitrogen and oxygen atoms in total. The van der Waals surface area contributed by atoms with Gasteiger partial charge in [0.05, 0.1) is 12.3 Å². The Labute approximate surface area is 148 Å². The normalized spacial score (nSPS) is 12.6. The summed E-state index contributed by atoms with van der Waals surface area (Å²) in [5.74, 6) is 0.0195. The molecule has 0 radical (unpaired) electrons. The van der Waals surface area contributed by atoms with Crippen molar-refractivity contribution >= 4 is 24.1 Å². The van der Waals surface area contributed by atoms with E-state index in [0.29, 0.717) is 11.4 Å². The maximum atomic E-state index is 12.2. The van der Waals surface area contributed by atoms with Gasteiger partial charge < -0.3 is 19.9 Å². The number of nitrogens with two attached hydrogens (primary N) is 1. The third-order valence-corrected chi connectivity index (χ3v) is 3.35. The molecule has 0 bridgehead atoms. The van der Waals surface area contributed by atoms with Gasteiger partial charge in [-0.15, -0.1) is 12.4 Å². The van der Waals surface area contributed by atoms with Gasteiger partial charge in [-0.05, 0) is 24.6 Å². The van der Waals surface area contributed by atoms with E-state index in [4.69, 9.17) is 19.9 Å². The third kappa shape index (κ3) is 4.88. The van der Waals surface area contributed by atoms with E-state index in [1.165, 1.54) is 7.11 Å². The summed E-state index contributed by atoms with van der Waals surface area (Å²) in [6.45, 7) is 2.02. The van der Waals surface area contributed by atoms with E-state index in [0.717, 1.165) is 5.56 Å². The fourth-order valence-electron chi connectivity index (χ4n) is 2.24. The van der Waals surface area contributed by atoms with Gasteiger partial charge in [-0.3, -0.25) is 0 Å². The Morgan fingerprint density at radius 2 is 1.71 bits per heavy atom. The molecule has 130 valence electrons. The van der Waals surface area contributed by atoms with Crippen LogP contribution in [0.15, 0.2) is 54.6 Å². The van der Waals surface area contributed by atoms with Crippen molar-refractivity contribution < 1.29 is 19.0 Å². The second-order valence-corrected chi connectivity index (χ2v) is 4.90. The summed E-state index contributed by atoms with van der Waals surface area (Å²) in [4.78, 5) is 12.2. The molecule has 0 fully saturated rings. The zero-order valence-electron chi connectivity index (χ0n) is 13.7. The van der Waals surface area contributed by atoms with Gasteiger partial charge >= 0.3 is 5.97 Å². The summed E-state index contributed by atoms with van der Waals surface area (Å²) in [5.41, 5.74) is 7.24. The molecule has 2 aromatic carbocycles. The zero-order valence-corrected chi connectivity index (χ0v) is 14.5. The van der Waals surface area contributed by atoms with Crippen LogP contribution in [-0.4, -0.2) is 25.8 Å². The minimum Gasteiger partial charge on any atom is -0.480 e. The molecular weight excluding hydrogens is 330 g/mol. The van der Waals surface area contributed by atoms with Crippen LogP contribution in [0.25, 0.3) is 0 Å². The maximum Gasteiger partial charge on any atom is 0.339 e. The van der Waals surface area contributed by atoms with Gasteiger partial charge in [0, 0.05) is 7.11 Å². The number of carbonyl (C=O) groups excluding carboxylic acids is 1. The topological polar surface area (TPSA) is 70.8 Å². The molecule has 0 saturated heterocycles. The fourth-order valence-corrected chi connectivity index (χ4v) is 2.24. The first-order valence-electron chi connectivity index (χ1n) is 7.43. The number of anilines is 1. The van der Waals surface area contributed by atoms with Gasteiger partial charge in [0.2, 0.25) is 0 Å². The number of carbonyl (C=O) groups is 1. The van der Waals surface area contributed by atoms with Crippen LogP contribution in [-0.2, 0) is 14.3 Å². The summed E-state index contributed by atoms with van der Waals surface area (Å²) < 4.78 is 16.4. The zero-order chi connectivity index (χ0) is 16.7. The van der Waals surface area contributed by atoms with Crippen LogP contribution in [0.5, 0.6) is 5.75 Å². The van der Waals surface area contributed by atoms with Crippen LogP contribution in [0.3, 0.4) is 0 Å². The average molecular weight is 352 g/mol. The largest absolute Gasteiger partial charge is 0.480 e. The number of rotatable bonds is 7. The van der Waals surface area contributed by atoms with Gasteiger partial charge in [-0.1, -0.05) is 42.5 Å². The van der Waals surface area contributed by atoms with Crippen LogP contribution in [0.4, 0.5) is 5.69 Å². The summed E-state index contributed by atoms with van der Waals surface area (Å²) >= 11 is 0. The quantitative estimate of drug-likeness (QED) is 0.611. The van der Waals surface area contributed by atoms with Crippen LogP contribution >= 0.6 is 12.4 Å². The standard InChI is InChI=1S/C18H21NO4.ClH/c1-3-22-18(20)17(21-2)16(13-9-5-4-6-10-13)23-15-12-8-7-11-14(15)19;/h4-12,16-17H,3,19H2,1-2H3;1H. The molecule has 0 aliphatic heterocycles. The van der Waals surface area contributed by atoms with Crippen molar-refractivity contribution in [1.82, 2.24) is 0 Å². The number of halogens is 1. The number of benzene rings is 2. The van der Waals surface area contributed by atoms with E-state index >= 15 is 0 Å². The van der Waals surface area contributed by atoms with E-state index in [2.05, 4.69) is 0 Å². The van der Waals surface area contributed by atoms with E-state index in [9.17, 15) is 4.79 Å².